The van der Waals surface area contributed by atoms with Crippen molar-refractivity contribution in [1.29, 1.82) is 0 Å². The molecule has 0 radical (unpaired) electrons. The first-order chi connectivity index (χ1) is 9.69. The SMILES string of the molecule is C=c1nc2c(cc1C1CCS(=C)CC1)=C(SC)N=CN2. The molecule has 1 fully saturated rings. The van der Waals surface area contributed by atoms with Crippen LogP contribution in [0.1, 0.15) is 24.3 Å². The second-order valence-electron chi connectivity index (χ2n) is 5.13. The average Bonchev–Trinajstić information content (AvgIpc) is 2.47. The molecule has 106 valence electrons. The summed E-state index contributed by atoms with van der Waals surface area (Å²) in [5.74, 6) is 8.13. The van der Waals surface area contributed by atoms with E-state index in [1.54, 1.807) is 18.1 Å². The zero-order valence-corrected chi connectivity index (χ0v) is 13.3. The van der Waals surface area contributed by atoms with Crippen LogP contribution in [0, 0.1) is 0 Å². The molecule has 0 aliphatic carbocycles. The Morgan fingerprint density at radius 1 is 1.40 bits per heavy atom. The summed E-state index contributed by atoms with van der Waals surface area (Å²) in [5.41, 5.74) is 1.30. The lowest BCUT2D eigenvalue weighted by molar-refractivity contribution is 0.629. The fraction of sp³-hybridized carbons (Fsp3) is 0.400. The van der Waals surface area contributed by atoms with Crippen molar-refractivity contribution in [1.82, 2.24) is 4.98 Å². The first-order valence-electron chi connectivity index (χ1n) is 6.73. The quantitative estimate of drug-likeness (QED) is 0.849. The van der Waals surface area contributed by atoms with E-state index in [1.165, 1.54) is 29.9 Å². The van der Waals surface area contributed by atoms with E-state index in [-0.39, 0.29) is 0 Å². The van der Waals surface area contributed by atoms with Gasteiger partial charge in [-0.2, -0.15) is 10.5 Å². The minimum absolute atomic E-state index is 0.362. The molecule has 1 saturated heterocycles. The van der Waals surface area contributed by atoms with Crippen molar-refractivity contribution in [2.45, 2.75) is 18.8 Å². The largest absolute Gasteiger partial charge is 0.330 e. The zero-order valence-electron chi connectivity index (χ0n) is 11.7. The Kier molecular flexibility index (Phi) is 3.98. The zero-order chi connectivity index (χ0) is 14.1. The number of hydrogen-bond donors (Lipinski definition) is 1. The fourth-order valence-corrected chi connectivity index (χ4v) is 4.73. The van der Waals surface area contributed by atoms with E-state index in [0.29, 0.717) is 16.4 Å². The Morgan fingerprint density at radius 3 is 2.85 bits per heavy atom. The molecule has 0 bridgehead atoms. The standard InChI is InChI=1S/C15H19N3S2/c1-10-12(11-4-6-20(3)7-5-11)8-13-14(18-10)16-9-17-15(13)19-2/h8-9,11H,1,3-7H2,2H3,(H,16,17,18). The number of aromatic nitrogens is 1. The molecule has 1 N–H and O–H groups in total. The summed E-state index contributed by atoms with van der Waals surface area (Å²) in [5, 5.41) is 6.17. The van der Waals surface area contributed by atoms with Gasteiger partial charge in [0.05, 0.1) is 11.7 Å². The van der Waals surface area contributed by atoms with Crippen LogP contribution < -0.4 is 15.9 Å². The summed E-state index contributed by atoms with van der Waals surface area (Å²) in [6.07, 6.45) is 6.17. The Bertz CT molecular complexity index is 684. The molecule has 20 heavy (non-hydrogen) atoms. The Morgan fingerprint density at radius 2 is 2.15 bits per heavy atom. The first kappa shape index (κ1) is 13.9. The van der Waals surface area contributed by atoms with Gasteiger partial charge in [-0.25, -0.2) is 9.98 Å². The monoisotopic (exact) mass is 305 g/mol. The minimum atomic E-state index is 0.362. The molecule has 0 atom stereocenters. The van der Waals surface area contributed by atoms with Crippen LogP contribution >= 0.6 is 22.2 Å². The molecular weight excluding hydrogens is 286 g/mol. The van der Waals surface area contributed by atoms with Gasteiger partial charge in [-0.15, -0.1) is 11.8 Å². The Labute approximate surface area is 126 Å². The van der Waals surface area contributed by atoms with Gasteiger partial charge in [-0.3, -0.25) is 0 Å². The van der Waals surface area contributed by atoms with Gasteiger partial charge in [0.15, 0.2) is 0 Å². The van der Waals surface area contributed by atoms with Gasteiger partial charge in [0, 0.05) is 5.22 Å². The first-order valence-corrected chi connectivity index (χ1v) is 9.69. The molecule has 1 aromatic rings. The van der Waals surface area contributed by atoms with Crippen molar-refractivity contribution in [3.05, 3.63) is 22.2 Å². The highest BCUT2D eigenvalue weighted by Gasteiger charge is 2.19. The van der Waals surface area contributed by atoms with Gasteiger partial charge in [-0.1, -0.05) is 12.4 Å². The van der Waals surface area contributed by atoms with Crippen LogP contribution in [-0.4, -0.2) is 35.0 Å². The van der Waals surface area contributed by atoms with Gasteiger partial charge in [0.1, 0.15) is 10.8 Å². The highest BCUT2D eigenvalue weighted by molar-refractivity contribution is 8.14. The van der Waals surface area contributed by atoms with Crippen molar-refractivity contribution < 1.29 is 0 Å². The van der Waals surface area contributed by atoms with E-state index >= 15 is 0 Å². The van der Waals surface area contributed by atoms with Crippen LogP contribution in [-0.2, 0) is 0 Å². The van der Waals surface area contributed by atoms with E-state index in [1.807, 2.05) is 0 Å². The van der Waals surface area contributed by atoms with Crippen molar-refractivity contribution in [3.8, 4) is 0 Å². The molecule has 0 aromatic carbocycles. The Balaban J connectivity index is 2.07. The molecule has 1 aromatic heterocycles. The lowest BCUT2D eigenvalue weighted by Gasteiger charge is -2.25. The molecule has 0 unspecified atom stereocenters. The lowest BCUT2D eigenvalue weighted by Crippen LogP contribution is -2.28. The van der Waals surface area contributed by atoms with E-state index in [0.717, 1.165) is 21.4 Å². The summed E-state index contributed by atoms with van der Waals surface area (Å²) < 4.78 is 0. The van der Waals surface area contributed by atoms with Crippen LogP contribution in [0.4, 0.5) is 5.82 Å². The van der Waals surface area contributed by atoms with Crippen molar-refractivity contribution in [3.63, 3.8) is 0 Å². The van der Waals surface area contributed by atoms with Crippen LogP contribution in [0.2, 0.25) is 0 Å². The van der Waals surface area contributed by atoms with Crippen LogP contribution in [0.15, 0.2) is 11.1 Å². The van der Waals surface area contributed by atoms with E-state index in [9.17, 15) is 0 Å². The van der Waals surface area contributed by atoms with Crippen molar-refractivity contribution in [2.24, 2.45) is 4.99 Å². The number of pyridine rings is 1. The minimum Gasteiger partial charge on any atom is -0.330 e. The topological polar surface area (TPSA) is 37.3 Å². The fourth-order valence-electron chi connectivity index (χ4n) is 2.75. The summed E-state index contributed by atoms with van der Waals surface area (Å²) in [6.45, 7) is 4.15. The number of aliphatic imine (C=N–C) groups is 1. The van der Waals surface area contributed by atoms with Gasteiger partial charge in [-0.05, 0) is 48.2 Å². The van der Waals surface area contributed by atoms with Gasteiger partial charge >= 0.3 is 0 Å². The number of rotatable bonds is 2. The van der Waals surface area contributed by atoms with Gasteiger partial charge < -0.3 is 5.32 Å². The van der Waals surface area contributed by atoms with E-state index < -0.39 is 0 Å². The number of fused-ring (bicyclic) bond motifs is 1. The highest BCUT2D eigenvalue weighted by Crippen LogP contribution is 2.32. The molecule has 0 amide bonds. The summed E-state index contributed by atoms with van der Waals surface area (Å²) in [4.78, 5) is 9.04. The molecule has 0 spiro atoms. The molecule has 0 saturated carbocycles. The third-order valence-electron chi connectivity index (χ3n) is 3.89. The smallest absolute Gasteiger partial charge is 0.141 e. The molecule has 5 heteroatoms. The predicted octanol–water partition coefficient (Wildman–Crippen LogP) is 1.95. The maximum atomic E-state index is 4.65. The van der Waals surface area contributed by atoms with Crippen molar-refractivity contribution in [2.75, 3.05) is 23.1 Å². The summed E-state index contributed by atoms with van der Waals surface area (Å²) in [6, 6.07) is 2.25. The highest BCUT2D eigenvalue weighted by atomic mass is 32.2. The summed E-state index contributed by atoms with van der Waals surface area (Å²) in [7, 11) is 0.362. The normalized spacial score (nSPS) is 25.1. The molecular formula is C15H19N3S2. The average molecular weight is 305 g/mol. The molecule has 3 rings (SSSR count). The van der Waals surface area contributed by atoms with E-state index in [4.69, 9.17) is 0 Å². The molecule has 3 nitrogen and oxygen atoms in total. The van der Waals surface area contributed by atoms with Gasteiger partial charge in [0.2, 0.25) is 0 Å². The maximum absolute atomic E-state index is 4.65. The third-order valence-corrected chi connectivity index (χ3v) is 6.23. The molecule has 3 heterocycles. The molecule has 2 aliphatic rings. The summed E-state index contributed by atoms with van der Waals surface area (Å²) >= 11 is 1.66. The van der Waals surface area contributed by atoms with Crippen molar-refractivity contribution >= 4 is 51.9 Å². The number of thioether (sulfide) groups is 1. The predicted molar refractivity (Wildman–Crippen MR) is 94.5 cm³/mol. The van der Waals surface area contributed by atoms with Crippen LogP contribution in [0.3, 0.4) is 0 Å². The van der Waals surface area contributed by atoms with Crippen LogP contribution in [0.5, 0.6) is 0 Å². The van der Waals surface area contributed by atoms with Gasteiger partial charge in [0.25, 0.3) is 0 Å². The maximum Gasteiger partial charge on any atom is 0.141 e. The third kappa shape index (κ3) is 2.56. The lowest BCUT2D eigenvalue weighted by atomic mass is 9.93. The molecule has 2 aliphatic heterocycles. The number of anilines is 1. The number of nitrogens with zero attached hydrogens (tertiary/aromatic N) is 2. The van der Waals surface area contributed by atoms with Crippen LogP contribution in [0.25, 0.3) is 11.6 Å². The second kappa shape index (κ2) is 5.74. The second-order valence-corrected chi connectivity index (χ2v) is 7.96. The Hall–Kier alpha value is -1.07. The number of nitrogens with one attached hydrogen (secondary N) is 1. The number of hydrogen-bond acceptors (Lipinski definition) is 4. The van der Waals surface area contributed by atoms with E-state index in [2.05, 4.69) is 40.1 Å².